The lowest BCUT2D eigenvalue weighted by molar-refractivity contribution is 0.102. The van der Waals surface area contributed by atoms with Gasteiger partial charge in [-0.3, -0.25) is 4.79 Å². The van der Waals surface area contributed by atoms with Crippen LogP contribution in [0.25, 0.3) is 11.0 Å². The van der Waals surface area contributed by atoms with Crippen LogP contribution in [0, 0.1) is 6.92 Å². The Bertz CT molecular complexity index is 1110. The highest BCUT2D eigenvalue weighted by atomic mass is 16.1. The number of nitrogens with zero attached hydrogens (tertiary/aromatic N) is 2. The number of carbonyl (C=O) groups excluding carboxylic acids is 1. The van der Waals surface area contributed by atoms with E-state index in [0.717, 1.165) is 33.9 Å². The molecule has 1 amide bonds. The number of hydrogen-bond donors (Lipinski definition) is 2. The molecule has 27 heavy (non-hydrogen) atoms. The maximum atomic E-state index is 12.5. The summed E-state index contributed by atoms with van der Waals surface area (Å²) in [7, 11) is 1.97. The molecule has 4 aromatic rings. The topological polar surface area (TPSA) is 59.0 Å². The third-order valence-electron chi connectivity index (χ3n) is 4.58. The fourth-order valence-electron chi connectivity index (χ4n) is 3.00. The van der Waals surface area contributed by atoms with E-state index < -0.39 is 0 Å². The lowest BCUT2D eigenvalue weighted by Crippen LogP contribution is -2.12. The summed E-state index contributed by atoms with van der Waals surface area (Å²) in [5.74, 6) is 0.631. The van der Waals surface area contributed by atoms with E-state index in [1.165, 1.54) is 0 Å². The number of fused-ring (bicyclic) bond motifs is 1. The van der Waals surface area contributed by atoms with E-state index in [1.807, 2.05) is 79.2 Å². The number of imidazole rings is 1. The second-order valence-corrected chi connectivity index (χ2v) is 6.45. The summed E-state index contributed by atoms with van der Waals surface area (Å²) in [6.45, 7) is 1.97. The van der Waals surface area contributed by atoms with Gasteiger partial charge in [-0.05, 0) is 55.0 Å². The van der Waals surface area contributed by atoms with Crippen molar-refractivity contribution >= 4 is 34.3 Å². The highest BCUT2D eigenvalue weighted by Gasteiger charge is 2.09. The molecule has 0 spiro atoms. The van der Waals surface area contributed by atoms with Crippen LogP contribution in [0.5, 0.6) is 0 Å². The summed E-state index contributed by atoms with van der Waals surface area (Å²) in [4.78, 5) is 17.1. The molecule has 0 aliphatic heterocycles. The molecule has 1 heterocycles. The van der Waals surface area contributed by atoms with E-state index in [9.17, 15) is 4.79 Å². The molecule has 2 N–H and O–H groups in total. The highest BCUT2D eigenvalue weighted by Crippen LogP contribution is 2.22. The number of anilines is 3. The first kappa shape index (κ1) is 16.8. The second-order valence-electron chi connectivity index (χ2n) is 6.45. The number of aryl methyl sites for hydroxylation is 2. The van der Waals surface area contributed by atoms with Crippen molar-refractivity contribution in [1.29, 1.82) is 0 Å². The predicted molar refractivity (Wildman–Crippen MR) is 110 cm³/mol. The highest BCUT2D eigenvalue weighted by molar-refractivity contribution is 6.04. The monoisotopic (exact) mass is 356 g/mol. The van der Waals surface area contributed by atoms with E-state index in [4.69, 9.17) is 0 Å². The van der Waals surface area contributed by atoms with E-state index in [-0.39, 0.29) is 5.91 Å². The van der Waals surface area contributed by atoms with Gasteiger partial charge >= 0.3 is 0 Å². The normalized spacial score (nSPS) is 10.7. The van der Waals surface area contributed by atoms with Gasteiger partial charge in [0, 0.05) is 24.0 Å². The SMILES string of the molecule is Cc1ccccc1NC(=O)c1ccc(Nc2nc3ccccc3n2C)cc1. The van der Waals surface area contributed by atoms with Gasteiger partial charge in [-0.15, -0.1) is 0 Å². The van der Waals surface area contributed by atoms with E-state index in [1.54, 1.807) is 12.1 Å². The first-order valence-corrected chi connectivity index (χ1v) is 8.77. The van der Waals surface area contributed by atoms with Gasteiger partial charge in [-0.2, -0.15) is 0 Å². The van der Waals surface area contributed by atoms with Crippen molar-refractivity contribution in [1.82, 2.24) is 9.55 Å². The summed E-state index contributed by atoms with van der Waals surface area (Å²) in [5, 5.41) is 6.25. The standard InChI is InChI=1S/C22H20N4O/c1-15-7-3-4-8-18(15)24-21(27)16-11-13-17(14-12-16)23-22-25-19-9-5-6-10-20(19)26(22)2/h3-14H,1-2H3,(H,23,25)(H,24,27). The largest absolute Gasteiger partial charge is 0.326 e. The first-order chi connectivity index (χ1) is 13.1. The minimum absolute atomic E-state index is 0.126. The number of nitrogens with one attached hydrogen (secondary N) is 2. The molecule has 3 aromatic carbocycles. The van der Waals surface area contributed by atoms with Crippen molar-refractivity contribution in [3.8, 4) is 0 Å². The minimum Gasteiger partial charge on any atom is -0.326 e. The summed E-state index contributed by atoms with van der Waals surface area (Å²) in [5.41, 5.74) is 5.34. The van der Waals surface area contributed by atoms with Crippen molar-refractivity contribution in [2.75, 3.05) is 10.6 Å². The molecular formula is C22H20N4O. The molecule has 0 saturated carbocycles. The number of rotatable bonds is 4. The Balaban J connectivity index is 1.51. The van der Waals surface area contributed by atoms with Gasteiger partial charge in [0.2, 0.25) is 5.95 Å². The summed E-state index contributed by atoms with van der Waals surface area (Å²) in [6, 6.07) is 23.1. The molecule has 0 fully saturated rings. The second kappa shape index (κ2) is 6.96. The Labute approximate surface area is 157 Å². The molecular weight excluding hydrogens is 336 g/mol. The fourth-order valence-corrected chi connectivity index (χ4v) is 3.00. The molecule has 5 heteroatoms. The fraction of sp³-hybridized carbons (Fsp3) is 0.0909. The molecule has 4 rings (SSSR count). The average molecular weight is 356 g/mol. The molecule has 0 radical (unpaired) electrons. The van der Waals surface area contributed by atoms with E-state index >= 15 is 0 Å². The van der Waals surface area contributed by atoms with Crippen LogP contribution >= 0.6 is 0 Å². The number of para-hydroxylation sites is 3. The van der Waals surface area contributed by atoms with Gasteiger partial charge in [-0.25, -0.2) is 4.98 Å². The van der Waals surface area contributed by atoms with Crippen molar-refractivity contribution in [2.45, 2.75) is 6.92 Å². The Hall–Kier alpha value is -3.60. The zero-order valence-corrected chi connectivity index (χ0v) is 15.2. The molecule has 0 bridgehead atoms. The maximum absolute atomic E-state index is 12.5. The van der Waals surface area contributed by atoms with Crippen molar-refractivity contribution in [2.24, 2.45) is 7.05 Å². The van der Waals surface area contributed by atoms with Crippen LogP contribution in [-0.4, -0.2) is 15.5 Å². The lowest BCUT2D eigenvalue weighted by atomic mass is 10.1. The number of amides is 1. The zero-order valence-electron chi connectivity index (χ0n) is 15.2. The van der Waals surface area contributed by atoms with Gasteiger partial charge in [0.15, 0.2) is 0 Å². The molecule has 0 aliphatic rings. The molecule has 0 unspecified atom stereocenters. The van der Waals surface area contributed by atoms with Gasteiger partial charge in [-0.1, -0.05) is 30.3 Å². The van der Waals surface area contributed by atoms with Crippen LogP contribution in [0.1, 0.15) is 15.9 Å². The predicted octanol–water partition coefficient (Wildman–Crippen LogP) is 4.88. The number of carbonyl (C=O) groups is 1. The zero-order chi connectivity index (χ0) is 18.8. The maximum Gasteiger partial charge on any atom is 0.255 e. The van der Waals surface area contributed by atoms with Crippen LogP contribution in [0.3, 0.4) is 0 Å². The van der Waals surface area contributed by atoms with Crippen LogP contribution in [0.4, 0.5) is 17.3 Å². The molecule has 1 aromatic heterocycles. The summed E-state index contributed by atoms with van der Waals surface area (Å²) >= 11 is 0. The van der Waals surface area contributed by atoms with Crippen molar-refractivity contribution < 1.29 is 4.79 Å². The molecule has 134 valence electrons. The van der Waals surface area contributed by atoms with Crippen LogP contribution in [-0.2, 0) is 7.05 Å². The third-order valence-corrected chi connectivity index (χ3v) is 4.58. The van der Waals surface area contributed by atoms with E-state index in [2.05, 4.69) is 15.6 Å². The van der Waals surface area contributed by atoms with Crippen LogP contribution in [0.15, 0.2) is 72.8 Å². The summed E-state index contributed by atoms with van der Waals surface area (Å²) in [6.07, 6.45) is 0. The summed E-state index contributed by atoms with van der Waals surface area (Å²) < 4.78 is 2.01. The van der Waals surface area contributed by atoms with Crippen LogP contribution in [0.2, 0.25) is 0 Å². The lowest BCUT2D eigenvalue weighted by Gasteiger charge is -2.09. The van der Waals surface area contributed by atoms with Crippen molar-refractivity contribution in [3.05, 3.63) is 83.9 Å². The molecule has 0 atom stereocenters. The average Bonchev–Trinajstić information content (AvgIpc) is 3.00. The Morgan fingerprint density at radius 2 is 1.63 bits per heavy atom. The van der Waals surface area contributed by atoms with Crippen LogP contribution < -0.4 is 10.6 Å². The van der Waals surface area contributed by atoms with Crippen molar-refractivity contribution in [3.63, 3.8) is 0 Å². The molecule has 0 saturated heterocycles. The van der Waals surface area contributed by atoms with Gasteiger partial charge in [0.25, 0.3) is 5.91 Å². The van der Waals surface area contributed by atoms with Gasteiger partial charge in [0.05, 0.1) is 11.0 Å². The Morgan fingerprint density at radius 3 is 2.37 bits per heavy atom. The third kappa shape index (κ3) is 3.40. The number of aromatic nitrogens is 2. The molecule has 5 nitrogen and oxygen atoms in total. The Morgan fingerprint density at radius 1 is 0.926 bits per heavy atom. The molecule has 0 aliphatic carbocycles. The van der Waals surface area contributed by atoms with Gasteiger partial charge < -0.3 is 15.2 Å². The number of benzene rings is 3. The van der Waals surface area contributed by atoms with Gasteiger partial charge in [0.1, 0.15) is 0 Å². The number of hydrogen-bond acceptors (Lipinski definition) is 3. The van der Waals surface area contributed by atoms with E-state index in [0.29, 0.717) is 5.56 Å². The Kier molecular flexibility index (Phi) is 4.34. The first-order valence-electron chi connectivity index (χ1n) is 8.77. The quantitative estimate of drug-likeness (QED) is 0.548. The minimum atomic E-state index is -0.126. The smallest absolute Gasteiger partial charge is 0.255 e.